The second kappa shape index (κ2) is 9.60. The van der Waals surface area contributed by atoms with Crippen LogP contribution in [0.4, 0.5) is 27.5 Å². The summed E-state index contributed by atoms with van der Waals surface area (Å²) in [7, 11) is -1.92. The lowest BCUT2D eigenvalue weighted by molar-refractivity contribution is 0.296. The van der Waals surface area contributed by atoms with Gasteiger partial charge in [-0.15, -0.1) is 0 Å². The van der Waals surface area contributed by atoms with E-state index in [0.29, 0.717) is 23.1 Å². The van der Waals surface area contributed by atoms with E-state index in [9.17, 15) is 12.8 Å². The van der Waals surface area contributed by atoms with Crippen molar-refractivity contribution in [1.82, 2.24) is 19.6 Å². The Bertz CT molecular complexity index is 1150. The van der Waals surface area contributed by atoms with Gasteiger partial charge in [0.1, 0.15) is 11.6 Å². The first-order chi connectivity index (χ1) is 15.4. The van der Waals surface area contributed by atoms with Gasteiger partial charge in [0.2, 0.25) is 16.0 Å². The number of benzene rings is 2. The number of anilines is 4. The van der Waals surface area contributed by atoms with Crippen molar-refractivity contribution < 1.29 is 12.8 Å². The van der Waals surface area contributed by atoms with Crippen LogP contribution in [0.15, 0.2) is 65.7 Å². The molecule has 3 N–H and O–H groups in total. The summed E-state index contributed by atoms with van der Waals surface area (Å²) in [6.07, 6.45) is 3.19. The van der Waals surface area contributed by atoms with Crippen LogP contribution in [-0.2, 0) is 10.0 Å². The highest BCUT2D eigenvalue weighted by Gasteiger charge is 2.28. The number of piperidine rings is 1. The molecule has 1 aliphatic rings. The maximum atomic E-state index is 13.1. The second-order valence-electron chi connectivity index (χ2n) is 7.55. The van der Waals surface area contributed by atoms with Gasteiger partial charge in [0, 0.05) is 30.7 Å². The number of aromatic nitrogens is 2. The monoisotopic (exact) mass is 456 g/mol. The number of hydrogen-bond acceptors (Lipinski definition) is 7. The van der Waals surface area contributed by atoms with Crippen molar-refractivity contribution in [3.63, 3.8) is 0 Å². The maximum Gasteiger partial charge on any atom is 0.243 e. The lowest BCUT2D eigenvalue weighted by Crippen LogP contribution is -2.43. The first-order valence-electron chi connectivity index (χ1n) is 10.3. The molecule has 4 rings (SSSR count). The lowest BCUT2D eigenvalue weighted by Gasteiger charge is -2.30. The fourth-order valence-corrected chi connectivity index (χ4v) is 4.96. The van der Waals surface area contributed by atoms with Gasteiger partial charge in [0.15, 0.2) is 0 Å². The van der Waals surface area contributed by atoms with E-state index < -0.39 is 10.0 Å². The van der Waals surface area contributed by atoms with E-state index in [1.165, 1.54) is 16.4 Å². The Morgan fingerprint density at radius 3 is 2.28 bits per heavy atom. The molecule has 0 saturated carbocycles. The summed E-state index contributed by atoms with van der Waals surface area (Å²) in [5.74, 6) is 0.574. The summed E-state index contributed by atoms with van der Waals surface area (Å²) in [6, 6.07) is 14.2. The number of hydrogen-bond donors (Lipinski definition) is 3. The predicted octanol–water partition coefficient (Wildman–Crippen LogP) is 3.48. The molecule has 32 heavy (non-hydrogen) atoms. The van der Waals surface area contributed by atoms with Crippen molar-refractivity contribution in [3.05, 3.63) is 66.6 Å². The van der Waals surface area contributed by atoms with Crippen LogP contribution in [0.3, 0.4) is 0 Å². The van der Waals surface area contributed by atoms with Crippen LogP contribution in [0.2, 0.25) is 0 Å². The van der Waals surface area contributed by atoms with Crippen molar-refractivity contribution in [2.45, 2.75) is 23.8 Å². The second-order valence-corrected chi connectivity index (χ2v) is 9.55. The van der Waals surface area contributed by atoms with Crippen LogP contribution in [0.25, 0.3) is 0 Å². The standard InChI is InChI=1S/C22H25FN6O2S/c1-29(19-10-13-24-14-11-19)32(30,31)20-8-6-18(7-9-20)27-22-25-15-12-21(28-22)26-17-4-2-16(23)3-5-17/h2-9,12,15,19,24H,10-11,13-14H2,1H3,(H2,25,26,27,28). The Labute approximate surface area is 187 Å². The third kappa shape index (κ3) is 5.21. The van der Waals surface area contributed by atoms with Gasteiger partial charge in [-0.3, -0.25) is 0 Å². The summed E-state index contributed by atoms with van der Waals surface area (Å²) in [5, 5.41) is 9.40. The van der Waals surface area contributed by atoms with E-state index in [1.54, 1.807) is 55.7 Å². The van der Waals surface area contributed by atoms with E-state index in [4.69, 9.17) is 0 Å². The van der Waals surface area contributed by atoms with Crippen molar-refractivity contribution in [1.29, 1.82) is 0 Å². The molecule has 0 aliphatic carbocycles. The fourth-order valence-electron chi connectivity index (χ4n) is 3.54. The minimum Gasteiger partial charge on any atom is -0.340 e. The van der Waals surface area contributed by atoms with Gasteiger partial charge in [-0.05, 0) is 80.5 Å². The van der Waals surface area contributed by atoms with Gasteiger partial charge >= 0.3 is 0 Å². The van der Waals surface area contributed by atoms with Gasteiger partial charge in [0.05, 0.1) is 4.90 Å². The van der Waals surface area contributed by atoms with Crippen LogP contribution >= 0.6 is 0 Å². The molecule has 1 saturated heterocycles. The number of nitrogens with zero attached hydrogens (tertiary/aromatic N) is 3. The van der Waals surface area contributed by atoms with Gasteiger partial charge in [-0.1, -0.05) is 0 Å². The van der Waals surface area contributed by atoms with Crippen molar-refractivity contribution in [2.75, 3.05) is 30.8 Å². The molecular formula is C22H25FN6O2S. The average Bonchev–Trinajstić information content (AvgIpc) is 2.81. The van der Waals surface area contributed by atoms with Crippen LogP contribution in [0.1, 0.15) is 12.8 Å². The molecule has 2 aromatic carbocycles. The van der Waals surface area contributed by atoms with Crippen LogP contribution in [-0.4, -0.2) is 48.9 Å². The van der Waals surface area contributed by atoms with Crippen molar-refractivity contribution in [2.24, 2.45) is 0 Å². The molecule has 0 radical (unpaired) electrons. The van der Waals surface area contributed by atoms with Gasteiger partial charge in [-0.25, -0.2) is 17.8 Å². The third-order valence-corrected chi connectivity index (χ3v) is 7.31. The fraction of sp³-hybridized carbons (Fsp3) is 0.273. The Morgan fingerprint density at radius 1 is 0.969 bits per heavy atom. The Hall–Kier alpha value is -3.08. The summed E-state index contributed by atoms with van der Waals surface area (Å²) < 4.78 is 40.5. The molecular weight excluding hydrogens is 431 g/mol. The Kier molecular flexibility index (Phi) is 6.63. The highest BCUT2D eigenvalue weighted by Crippen LogP contribution is 2.23. The van der Waals surface area contributed by atoms with E-state index in [1.807, 2.05) is 0 Å². The molecule has 0 spiro atoms. The average molecular weight is 457 g/mol. The smallest absolute Gasteiger partial charge is 0.243 e. The summed E-state index contributed by atoms with van der Waals surface area (Å²) in [4.78, 5) is 8.83. The quantitative estimate of drug-likeness (QED) is 0.501. The minimum atomic E-state index is -3.56. The third-order valence-electron chi connectivity index (χ3n) is 5.38. The molecule has 168 valence electrons. The lowest BCUT2D eigenvalue weighted by atomic mass is 10.1. The zero-order valence-corrected chi connectivity index (χ0v) is 18.4. The van der Waals surface area contributed by atoms with E-state index in [-0.39, 0.29) is 16.8 Å². The topological polar surface area (TPSA) is 99.3 Å². The van der Waals surface area contributed by atoms with E-state index in [0.717, 1.165) is 25.9 Å². The maximum absolute atomic E-state index is 13.1. The van der Waals surface area contributed by atoms with Gasteiger partial charge in [-0.2, -0.15) is 9.29 Å². The molecule has 0 amide bonds. The number of nitrogens with one attached hydrogen (secondary N) is 3. The number of rotatable bonds is 7. The van der Waals surface area contributed by atoms with Crippen LogP contribution in [0, 0.1) is 5.82 Å². The van der Waals surface area contributed by atoms with Crippen LogP contribution < -0.4 is 16.0 Å². The van der Waals surface area contributed by atoms with E-state index >= 15 is 0 Å². The molecule has 3 aromatic rings. The zero-order chi connectivity index (χ0) is 22.6. The molecule has 1 aromatic heterocycles. The molecule has 8 nitrogen and oxygen atoms in total. The molecule has 0 atom stereocenters. The normalized spacial score (nSPS) is 15.0. The molecule has 1 fully saturated rings. The number of sulfonamides is 1. The minimum absolute atomic E-state index is 0.00352. The Morgan fingerprint density at radius 2 is 1.59 bits per heavy atom. The first-order valence-corrected chi connectivity index (χ1v) is 11.8. The molecule has 2 heterocycles. The summed E-state index contributed by atoms with van der Waals surface area (Å²) in [5.41, 5.74) is 1.36. The zero-order valence-electron chi connectivity index (χ0n) is 17.6. The van der Waals surface area contributed by atoms with Gasteiger partial charge in [0.25, 0.3) is 0 Å². The summed E-state index contributed by atoms with van der Waals surface area (Å²) >= 11 is 0. The molecule has 0 unspecified atom stereocenters. The first kappa shape index (κ1) is 22.1. The van der Waals surface area contributed by atoms with Crippen molar-refractivity contribution in [3.8, 4) is 0 Å². The van der Waals surface area contributed by atoms with Gasteiger partial charge < -0.3 is 16.0 Å². The SMILES string of the molecule is CN(C1CCNCC1)S(=O)(=O)c1ccc(Nc2nccc(Nc3ccc(F)cc3)n2)cc1. The predicted molar refractivity (Wildman–Crippen MR) is 122 cm³/mol. The van der Waals surface area contributed by atoms with E-state index in [2.05, 4.69) is 25.9 Å². The number of halogens is 1. The molecule has 1 aliphatic heterocycles. The van der Waals surface area contributed by atoms with Crippen molar-refractivity contribution >= 4 is 33.2 Å². The highest BCUT2D eigenvalue weighted by atomic mass is 32.2. The summed E-state index contributed by atoms with van der Waals surface area (Å²) in [6.45, 7) is 1.64. The van der Waals surface area contributed by atoms with Crippen LogP contribution in [0.5, 0.6) is 0 Å². The Balaban J connectivity index is 1.44. The molecule has 0 bridgehead atoms. The molecule has 10 heteroatoms. The largest absolute Gasteiger partial charge is 0.340 e. The highest BCUT2D eigenvalue weighted by molar-refractivity contribution is 7.89.